The van der Waals surface area contributed by atoms with Crippen LogP contribution in [0.2, 0.25) is 0 Å². The van der Waals surface area contributed by atoms with E-state index < -0.39 is 18.2 Å². The third kappa shape index (κ3) is 39.7. The largest absolute Gasteiger partial charge is 0.462 e. The van der Waals surface area contributed by atoms with Gasteiger partial charge in [0.1, 0.15) is 6.10 Å². The Balaban J connectivity index is 4.48. The molecule has 0 fully saturated rings. The van der Waals surface area contributed by atoms with Gasteiger partial charge < -0.3 is 20.3 Å². The van der Waals surface area contributed by atoms with Crippen molar-refractivity contribution in [2.75, 3.05) is 6.61 Å². The second-order valence-electron chi connectivity index (χ2n) is 17.6. The van der Waals surface area contributed by atoms with E-state index in [4.69, 9.17) is 4.74 Å². The lowest BCUT2D eigenvalue weighted by Gasteiger charge is -2.24. The van der Waals surface area contributed by atoms with Gasteiger partial charge in [-0.1, -0.05) is 245 Å². The summed E-state index contributed by atoms with van der Waals surface area (Å²) in [6.45, 7) is 6.49. The second-order valence-corrected chi connectivity index (χ2v) is 17.6. The smallest absolute Gasteiger partial charge is 0.306 e. The van der Waals surface area contributed by atoms with Crippen LogP contribution < -0.4 is 5.32 Å². The average Bonchev–Trinajstić information content (AvgIpc) is 3.19. The van der Waals surface area contributed by atoms with Crippen LogP contribution in [0.15, 0.2) is 0 Å². The first-order chi connectivity index (χ1) is 27.5. The summed E-state index contributed by atoms with van der Waals surface area (Å²) in [6.07, 6.45) is 47.3. The van der Waals surface area contributed by atoms with Crippen LogP contribution in [0.4, 0.5) is 0 Å². The Morgan fingerprint density at radius 2 is 0.750 bits per heavy atom. The number of rotatable bonds is 46. The minimum Gasteiger partial charge on any atom is -0.462 e. The van der Waals surface area contributed by atoms with E-state index in [0.29, 0.717) is 19.3 Å². The first-order valence-electron chi connectivity index (χ1n) is 25.3. The number of amides is 1. The van der Waals surface area contributed by atoms with Gasteiger partial charge in [-0.2, -0.15) is 0 Å². The van der Waals surface area contributed by atoms with Crippen LogP contribution in [0.3, 0.4) is 0 Å². The lowest BCUT2D eigenvalue weighted by molar-refractivity contribution is -0.151. The first kappa shape index (κ1) is 54.9. The third-order valence-electron chi connectivity index (χ3n) is 11.9. The molecule has 6 heteroatoms. The summed E-state index contributed by atoms with van der Waals surface area (Å²) in [5.41, 5.74) is 0. The monoisotopic (exact) mass is 794 g/mol. The lowest BCUT2D eigenvalue weighted by atomic mass is 10.0. The molecule has 3 N–H and O–H groups in total. The maximum atomic E-state index is 13.2. The van der Waals surface area contributed by atoms with Crippen molar-refractivity contribution in [2.45, 2.75) is 302 Å². The van der Waals surface area contributed by atoms with Gasteiger partial charge >= 0.3 is 5.97 Å². The van der Waals surface area contributed by atoms with Gasteiger partial charge in [0.2, 0.25) is 5.91 Å². The molecule has 3 atom stereocenters. The van der Waals surface area contributed by atoms with Crippen molar-refractivity contribution in [3.8, 4) is 0 Å². The summed E-state index contributed by atoms with van der Waals surface area (Å²) >= 11 is 0. The van der Waals surface area contributed by atoms with Gasteiger partial charge in [0.15, 0.2) is 0 Å². The molecule has 1 amide bonds. The van der Waals surface area contributed by atoms with Crippen molar-refractivity contribution in [1.29, 1.82) is 0 Å². The highest BCUT2D eigenvalue weighted by Crippen LogP contribution is 2.19. The minimum atomic E-state index is -0.778. The van der Waals surface area contributed by atoms with E-state index in [-0.39, 0.29) is 24.9 Å². The molecule has 0 bridgehead atoms. The normalized spacial score (nSPS) is 13.2. The molecular weight excluding hydrogens is 695 g/mol. The lowest BCUT2D eigenvalue weighted by Crippen LogP contribution is -2.46. The molecule has 0 saturated heterocycles. The van der Waals surface area contributed by atoms with E-state index in [0.717, 1.165) is 44.9 Å². The van der Waals surface area contributed by atoms with E-state index in [1.807, 2.05) is 0 Å². The molecule has 6 nitrogen and oxygen atoms in total. The first-order valence-corrected chi connectivity index (χ1v) is 25.3. The molecule has 56 heavy (non-hydrogen) atoms. The number of hydrogen-bond acceptors (Lipinski definition) is 5. The summed E-state index contributed by atoms with van der Waals surface area (Å²) in [5.74, 6) is -0.455. The number of unbranched alkanes of at least 4 members (excludes halogenated alkanes) is 34. The summed E-state index contributed by atoms with van der Waals surface area (Å²) in [6, 6.07) is -0.691. The van der Waals surface area contributed by atoms with Crippen LogP contribution in [-0.4, -0.2) is 46.9 Å². The number of aliphatic hydroxyl groups is 2. The van der Waals surface area contributed by atoms with E-state index >= 15 is 0 Å². The summed E-state index contributed by atoms with van der Waals surface area (Å²) in [4.78, 5) is 26.0. The van der Waals surface area contributed by atoms with Gasteiger partial charge in [-0.25, -0.2) is 0 Å². The highest BCUT2D eigenvalue weighted by Gasteiger charge is 2.24. The Morgan fingerprint density at radius 1 is 0.446 bits per heavy atom. The number of esters is 1. The number of ether oxygens (including phenoxy) is 1. The molecule has 0 aromatic heterocycles. The van der Waals surface area contributed by atoms with Crippen LogP contribution in [0.25, 0.3) is 0 Å². The van der Waals surface area contributed by atoms with Crippen molar-refractivity contribution in [2.24, 2.45) is 0 Å². The highest BCUT2D eigenvalue weighted by molar-refractivity contribution is 5.77. The molecule has 0 radical (unpaired) electrons. The van der Waals surface area contributed by atoms with E-state index in [2.05, 4.69) is 26.1 Å². The number of carbonyl (C=O) groups is 2. The predicted octanol–water partition coefficient (Wildman–Crippen LogP) is 14.8. The molecule has 0 spiro atoms. The zero-order valence-corrected chi connectivity index (χ0v) is 38.0. The topological polar surface area (TPSA) is 95.9 Å². The fraction of sp³-hybridized carbons (Fsp3) is 0.960. The van der Waals surface area contributed by atoms with Crippen molar-refractivity contribution >= 4 is 11.9 Å². The number of aliphatic hydroxyl groups excluding tert-OH is 2. The zero-order chi connectivity index (χ0) is 41.0. The molecule has 0 aromatic carbocycles. The Morgan fingerprint density at radius 3 is 1.09 bits per heavy atom. The molecule has 334 valence electrons. The molecule has 0 saturated carbocycles. The van der Waals surface area contributed by atoms with Crippen molar-refractivity contribution in [3.63, 3.8) is 0 Å². The van der Waals surface area contributed by atoms with Crippen LogP contribution >= 0.6 is 0 Å². The summed E-state index contributed by atoms with van der Waals surface area (Å²) in [5, 5.41) is 23.7. The minimum absolute atomic E-state index is 0.0874. The van der Waals surface area contributed by atoms with Crippen LogP contribution in [0, 0.1) is 0 Å². The van der Waals surface area contributed by atoms with Crippen LogP contribution in [-0.2, 0) is 14.3 Å². The van der Waals surface area contributed by atoms with Crippen molar-refractivity contribution in [1.82, 2.24) is 5.32 Å². The Labute approximate surface area is 349 Å². The SMILES string of the molecule is CCCCCCCCCCCCCCCCCC(CC(=O)NC(CO)C(O)CCCCCCCCCCCCCCC)OC(=O)CCCCCCCCCCC. The van der Waals surface area contributed by atoms with E-state index in [9.17, 15) is 19.8 Å². The quantitative estimate of drug-likeness (QED) is 0.0421. The fourth-order valence-corrected chi connectivity index (χ4v) is 8.08. The van der Waals surface area contributed by atoms with Crippen molar-refractivity contribution in [3.05, 3.63) is 0 Å². The predicted molar refractivity (Wildman–Crippen MR) is 241 cm³/mol. The Hall–Kier alpha value is -1.14. The second kappa shape index (κ2) is 45.0. The number of nitrogens with one attached hydrogen (secondary N) is 1. The van der Waals surface area contributed by atoms with Crippen LogP contribution in [0.1, 0.15) is 284 Å². The van der Waals surface area contributed by atoms with E-state index in [1.54, 1.807) is 0 Å². The zero-order valence-electron chi connectivity index (χ0n) is 38.0. The molecule has 0 aliphatic carbocycles. The maximum Gasteiger partial charge on any atom is 0.306 e. The molecule has 0 aliphatic heterocycles. The average molecular weight is 794 g/mol. The third-order valence-corrected chi connectivity index (χ3v) is 11.9. The molecule has 0 aliphatic rings. The van der Waals surface area contributed by atoms with Gasteiger partial charge in [-0.15, -0.1) is 0 Å². The van der Waals surface area contributed by atoms with Gasteiger partial charge in [-0.3, -0.25) is 9.59 Å². The molecule has 0 rings (SSSR count). The Bertz CT molecular complexity index is 806. The number of carbonyl (C=O) groups excluding carboxylic acids is 2. The van der Waals surface area contributed by atoms with Gasteiger partial charge in [0.05, 0.1) is 25.2 Å². The molecule has 0 aromatic rings. The number of hydrogen-bond donors (Lipinski definition) is 3. The van der Waals surface area contributed by atoms with E-state index in [1.165, 1.54) is 193 Å². The summed E-state index contributed by atoms with van der Waals surface area (Å²) < 4.78 is 5.92. The molecule has 0 heterocycles. The van der Waals surface area contributed by atoms with Gasteiger partial charge in [0, 0.05) is 6.42 Å². The molecule has 3 unspecified atom stereocenters. The van der Waals surface area contributed by atoms with Crippen LogP contribution in [0.5, 0.6) is 0 Å². The maximum absolute atomic E-state index is 13.2. The fourth-order valence-electron chi connectivity index (χ4n) is 8.08. The standard InChI is InChI=1S/C50H99NO5/c1-4-7-10-13-16-19-21-23-24-26-27-30-32-35-38-41-46(56-50(55)43-40-37-34-29-18-15-12-9-6-3)44-49(54)51-47(45-52)48(53)42-39-36-33-31-28-25-22-20-17-14-11-8-5-2/h46-48,52-53H,4-45H2,1-3H3,(H,51,54). The Kier molecular flexibility index (Phi) is 44.0. The summed E-state index contributed by atoms with van der Waals surface area (Å²) in [7, 11) is 0. The highest BCUT2D eigenvalue weighted by atomic mass is 16.5. The van der Waals surface area contributed by atoms with Crippen molar-refractivity contribution < 1.29 is 24.5 Å². The molecular formula is C50H99NO5. The van der Waals surface area contributed by atoms with Gasteiger partial charge in [-0.05, 0) is 25.7 Å². The van der Waals surface area contributed by atoms with Gasteiger partial charge in [0.25, 0.3) is 0 Å².